The third kappa shape index (κ3) is 4.27. The van der Waals surface area contributed by atoms with Crippen LogP contribution in [-0.2, 0) is 0 Å². The van der Waals surface area contributed by atoms with Crippen LogP contribution in [0, 0.1) is 12.7 Å². The van der Waals surface area contributed by atoms with E-state index in [0.717, 1.165) is 41.7 Å². The minimum atomic E-state index is -0.336. The van der Waals surface area contributed by atoms with E-state index in [-0.39, 0.29) is 24.3 Å². The Kier molecular flexibility index (Phi) is 6.37. The Labute approximate surface area is 171 Å². The maximum absolute atomic E-state index is 13.8. The summed E-state index contributed by atoms with van der Waals surface area (Å²) in [6.45, 7) is 3.68. The molecule has 0 unspecified atom stereocenters. The van der Waals surface area contributed by atoms with Crippen molar-refractivity contribution in [3.05, 3.63) is 40.2 Å². The standard InChI is InChI=1S/C18H18ClFN4OS.ClH/c1-10-15-17(22-9-23-18(15)26-16(10)19)24-13-5-4-11(20)7-14(13)25-12-3-2-6-21-8-12;/h4-5,7,9,12,21H,2-3,6,8H2,1H3,(H,22,23,24);1H/t12-;/m1./s1. The van der Waals surface area contributed by atoms with Crippen LogP contribution in [-0.4, -0.2) is 29.2 Å². The minimum Gasteiger partial charge on any atom is -0.487 e. The van der Waals surface area contributed by atoms with Crippen LogP contribution in [0.4, 0.5) is 15.9 Å². The Morgan fingerprint density at radius 2 is 2.22 bits per heavy atom. The van der Waals surface area contributed by atoms with Crippen LogP contribution < -0.4 is 15.4 Å². The summed E-state index contributed by atoms with van der Waals surface area (Å²) in [6.07, 6.45) is 3.50. The van der Waals surface area contributed by atoms with Crippen molar-refractivity contribution >= 4 is 57.1 Å². The third-order valence-electron chi connectivity index (χ3n) is 4.41. The Morgan fingerprint density at radius 1 is 1.37 bits per heavy atom. The highest BCUT2D eigenvalue weighted by Gasteiger charge is 2.18. The number of piperidine rings is 1. The van der Waals surface area contributed by atoms with E-state index in [1.54, 1.807) is 6.07 Å². The summed E-state index contributed by atoms with van der Waals surface area (Å²) in [5, 5.41) is 7.44. The van der Waals surface area contributed by atoms with Crippen molar-refractivity contribution in [3.63, 3.8) is 0 Å². The Morgan fingerprint density at radius 3 is 3.00 bits per heavy atom. The van der Waals surface area contributed by atoms with E-state index in [0.29, 0.717) is 21.6 Å². The lowest BCUT2D eigenvalue weighted by atomic mass is 10.1. The van der Waals surface area contributed by atoms with Gasteiger partial charge < -0.3 is 15.4 Å². The van der Waals surface area contributed by atoms with Gasteiger partial charge >= 0.3 is 0 Å². The number of fused-ring (bicyclic) bond motifs is 1. The summed E-state index contributed by atoms with van der Waals surface area (Å²) in [6, 6.07) is 4.47. The number of ether oxygens (including phenoxy) is 1. The second kappa shape index (κ2) is 8.56. The second-order valence-electron chi connectivity index (χ2n) is 6.25. The first-order chi connectivity index (χ1) is 12.6. The van der Waals surface area contributed by atoms with Crippen LogP contribution in [0.15, 0.2) is 24.5 Å². The van der Waals surface area contributed by atoms with E-state index in [2.05, 4.69) is 20.6 Å². The molecule has 27 heavy (non-hydrogen) atoms. The van der Waals surface area contributed by atoms with Crippen molar-refractivity contribution < 1.29 is 9.13 Å². The van der Waals surface area contributed by atoms with Crippen LogP contribution >= 0.6 is 35.3 Å². The first-order valence-electron chi connectivity index (χ1n) is 8.45. The van der Waals surface area contributed by atoms with Gasteiger partial charge in [-0.15, -0.1) is 23.7 Å². The summed E-state index contributed by atoms with van der Waals surface area (Å²) in [5.74, 6) is 0.773. The third-order valence-corrected chi connectivity index (χ3v) is 5.91. The maximum atomic E-state index is 13.8. The number of hydrogen-bond acceptors (Lipinski definition) is 6. The number of aryl methyl sites for hydroxylation is 1. The number of nitrogens with zero attached hydrogens (tertiary/aromatic N) is 2. The lowest BCUT2D eigenvalue weighted by Gasteiger charge is -2.25. The average Bonchev–Trinajstić information content (AvgIpc) is 2.93. The highest BCUT2D eigenvalue weighted by atomic mass is 35.5. The zero-order chi connectivity index (χ0) is 18.1. The Bertz CT molecular complexity index is 947. The fourth-order valence-corrected chi connectivity index (χ4v) is 4.25. The molecule has 1 aliphatic heterocycles. The number of hydrogen-bond donors (Lipinski definition) is 2. The molecule has 1 aliphatic rings. The van der Waals surface area contributed by atoms with Gasteiger partial charge in [-0.2, -0.15) is 0 Å². The first-order valence-corrected chi connectivity index (χ1v) is 9.65. The zero-order valence-electron chi connectivity index (χ0n) is 14.6. The van der Waals surface area contributed by atoms with Gasteiger partial charge in [0.2, 0.25) is 0 Å². The summed E-state index contributed by atoms with van der Waals surface area (Å²) >= 11 is 7.66. The summed E-state index contributed by atoms with van der Waals surface area (Å²) in [7, 11) is 0. The SMILES string of the molecule is Cc1c(Cl)sc2ncnc(Nc3ccc(F)cc3O[C@@H]3CCCNC3)c12.Cl. The maximum Gasteiger partial charge on any atom is 0.146 e. The van der Waals surface area contributed by atoms with E-state index in [9.17, 15) is 4.39 Å². The van der Waals surface area contributed by atoms with E-state index in [4.69, 9.17) is 16.3 Å². The smallest absolute Gasteiger partial charge is 0.146 e. The molecular weight excluding hydrogens is 410 g/mol. The molecule has 1 aromatic carbocycles. The minimum absolute atomic E-state index is 0. The van der Waals surface area contributed by atoms with Gasteiger partial charge in [-0.3, -0.25) is 0 Å². The number of halogens is 3. The highest BCUT2D eigenvalue weighted by Crippen LogP contribution is 2.38. The summed E-state index contributed by atoms with van der Waals surface area (Å²) < 4.78 is 20.5. The van der Waals surface area contributed by atoms with Gasteiger partial charge in [-0.05, 0) is 44.0 Å². The number of thiophene rings is 1. The van der Waals surface area contributed by atoms with E-state index in [1.807, 2.05) is 6.92 Å². The van der Waals surface area contributed by atoms with Crippen molar-refractivity contribution in [2.24, 2.45) is 0 Å². The molecule has 1 fully saturated rings. The van der Waals surface area contributed by atoms with Gasteiger partial charge in [0.1, 0.15) is 34.6 Å². The van der Waals surface area contributed by atoms with Gasteiger partial charge in [-0.1, -0.05) is 11.6 Å². The molecule has 0 bridgehead atoms. The topological polar surface area (TPSA) is 59.1 Å². The molecule has 2 aromatic heterocycles. The molecule has 3 heterocycles. The quantitative estimate of drug-likeness (QED) is 0.605. The molecule has 144 valence electrons. The van der Waals surface area contributed by atoms with Crippen LogP contribution in [0.5, 0.6) is 5.75 Å². The number of aromatic nitrogens is 2. The number of rotatable bonds is 4. The Balaban J connectivity index is 0.00000210. The molecule has 0 radical (unpaired) electrons. The summed E-state index contributed by atoms with van der Waals surface area (Å²) in [4.78, 5) is 9.44. The molecule has 0 aliphatic carbocycles. The van der Waals surface area contributed by atoms with E-state index >= 15 is 0 Å². The molecule has 0 amide bonds. The van der Waals surface area contributed by atoms with Gasteiger partial charge in [0.15, 0.2) is 0 Å². The fraction of sp³-hybridized carbons (Fsp3) is 0.333. The molecule has 4 rings (SSSR count). The largest absolute Gasteiger partial charge is 0.487 e. The van der Waals surface area contributed by atoms with Crippen molar-refractivity contribution in [1.82, 2.24) is 15.3 Å². The first kappa shape index (κ1) is 20.1. The van der Waals surface area contributed by atoms with Crippen LogP contribution in [0.1, 0.15) is 18.4 Å². The van der Waals surface area contributed by atoms with Crippen LogP contribution in [0.2, 0.25) is 4.34 Å². The van der Waals surface area contributed by atoms with Gasteiger partial charge in [-0.25, -0.2) is 14.4 Å². The van der Waals surface area contributed by atoms with E-state index < -0.39 is 0 Å². The molecule has 1 atom stereocenters. The molecular formula is C18H19Cl2FN4OS. The molecule has 1 saturated heterocycles. The van der Waals surface area contributed by atoms with Crippen molar-refractivity contribution in [2.75, 3.05) is 18.4 Å². The van der Waals surface area contributed by atoms with Gasteiger partial charge in [0, 0.05) is 12.6 Å². The monoisotopic (exact) mass is 428 g/mol. The second-order valence-corrected chi connectivity index (χ2v) is 7.86. The summed E-state index contributed by atoms with van der Waals surface area (Å²) in [5.41, 5.74) is 1.59. The zero-order valence-corrected chi connectivity index (χ0v) is 17.0. The lowest BCUT2D eigenvalue weighted by Crippen LogP contribution is -2.37. The highest BCUT2D eigenvalue weighted by molar-refractivity contribution is 7.22. The van der Waals surface area contributed by atoms with E-state index in [1.165, 1.54) is 29.8 Å². The van der Waals surface area contributed by atoms with Crippen LogP contribution in [0.25, 0.3) is 10.2 Å². The molecule has 5 nitrogen and oxygen atoms in total. The van der Waals surface area contributed by atoms with Crippen LogP contribution in [0.3, 0.4) is 0 Å². The number of benzene rings is 1. The molecule has 2 N–H and O–H groups in total. The van der Waals surface area contributed by atoms with Crippen molar-refractivity contribution in [2.45, 2.75) is 25.9 Å². The van der Waals surface area contributed by atoms with Gasteiger partial charge in [0.05, 0.1) is 15.4 Å². The lowest BCUT2D eigenvalue weighted by molar-refractivity contribution is 0.167. The molecule has 9 heteroatoms. The predicted octanol–water partition coefficient (Wildman–Crippen LogP) is 5.09. The number of nitrogens with one attached hydrogen (secondary N) is 2. The molecule has 3 aromatic rings. The Hall–Kier alpha value is -1.67. The van der Waals surface area contributed by atoms with Gasteiger partial charge in [0.25, 0.3) is 0 Å². The van der Waals surface area contributed by atoms with Crippen molar-refractivity contribution in [3.8, 4) is 5.75 Å². The molecule has 0 spiro atoms. The normalized spacial score (nSPS) is 16.8. The predicted molar refractivity (Wildman–Crippen MR) is 111 cm³/mol. The average molecular weight is 429 g/mol. The molecule has 0 saturated carbocycles. The number of anilines is 2. The fourth-order valence-electron chi connectivity index (χ4n) is 3.06. The van der Waals surface area contributed by atoms with Crippen molar-refractivity contribution in [1.29, 1.82) is 0 Å².